The summed E-state index contributed by atoms with van der Waals surface area (Å²) >= 11 is 0. The van der Waals surface area contributed by atoms with Crippen LogP contribution in [0.25, 0.3) is 11.1 Å². The lowest BCUT2D eigenvalue weighted by atomic mass is 9.98. The first kappa shape index (κ1) is 17.5. The molecular weight excluding hydrogens is 328 g/mol. The van der Waals surface area contributed by atoms with Gasteiger partial charge in [0.1, 0.15) is 24.6 Å². The summed E-state index contributed by atoms with van der Waals surface area (Å²) in [5.74, 6) is 1.40. The molecule has 2 saturated heterocycles. The van der Waals surface area contributed by atoms with Crippen LogP contribution < -0.4 is 4.74 Å². The summed E-state index contributed by atoms with van der Waals surface area (Å²) in [6.07, 6.45) is 1.67. The number of hydrogen-bond donors (Lipinski definition) is 0. The molecule has 2 aromatic rings. The van der Waals surface area contributed by atoms with Crippen molar-refractivity contribution >= 4 is 0 Å². The predicted octanol–water partition coefficient (Wildman–Crippen LogP) is 3.73. The fourth-order valence-electron chi connectivity index (χ4n) is 2.96. The molecule has 2 aliphatic rings. The van der Waals surface area contributed by atoms with Crippen LogP contribution in [-0.2, 0) is 20.6 Å². The molecule has 2 fully saturated rings. The summed E-state index contributed by atoms with van der Waals surface area (Å²) in [6, 6.07) is 17.1. The third-order valence-electron chi connectivity index (χ3n) is 4.67. The molecule has 0 N–H and O–H groups in total. The standard InChI is InChI=1S/C22H26O4/c1-16(11-23-12-21-13-25-21)10-17-2-4-18(5-3-17)19-6-8-20(9-7-19)24-14-22-15-26-22/h2-9,16,21-22H,10-15H2,1H3. The zero-order chi connectivity index (χ0) is 17.8. The molecule has 4 rings (SSSR count). The van der Waals surface area contributed by atoms with Crippen LogP contribution in [0.5, 0.6) is 5.75 Å². The van der Waals surface area contributed by atoms with Gasteiger partial charge in [-0.2, -0.15) is 0 Å². The van der Waals surface area contributed by atoms with E-state index in [0.29, 0.717) is 18.6 Å². The van der Waals surface area contributed by atoms with Gasteiger partial charge in [-0.1, -0.05) is 43.3 Å². The average molecular weight is 354 g/mol. The largest absolute Gasteiger partial charge is 0.491 e. The van der Waals surface area contributed by atoms with E-state index in [9.17, 15) is 0 Å². The van der Waals surface area contributed by atoms with Crippen molar-refractivity contribution in [1.29, 1.82) is 0 Å². The molecule has 0 radical (unpaired) electrons. The van der Waals surface area contributed by atoms with Crippen molar-refractivity contribution in [2.45, 2.75) is 25.6 Å². The Morgan fingerprint density at radius 1 is 0.885 bits per heavy atom. The highest BCUT2D eigenvalue weighted by Crippen LogP contribution is 2.24. The number of rotatable bonds is 10. The van der Waals surface area contributed by atoms with E-state index >= 15 is 0 Å². The molecule has 2 aromatic carbocycles. The fourth-order valence-corrected chi connectivity index (χ4v) is 2.96. The van der Waals surface area contributed by atoms with Crippen molar-refractivity contribution in [1.82, 2.24) is 0 Å². The Morgan fingerprint density at radius 3 is 2.08 bits per heavy atom. The average Bonchev–Trinajstić information content (AvgIpc) is 3.56. The van der Waals surface area contributed by atoms with E-state index < -0.39 is 0 Å². The van der Waals surface area contributed by atoms with Gasteiger partial charge in [0.2, 0.25) is 0 Å². The molecule has 2 heterocycles. The second-order valence-electron chi connectivity index (χ2n) is 7.29. The van der Waals surface area contributed by atoms with Gasteiger partial charge in [-0.3, -0.25) is 0 Å². The molecule has 3 atom stereocenters. The smallest absolute Gasteiger partial charge is 0.119 e. The van der Waals surface area contributed by atoms with Gasteiger partial charge in [0.25, 0.3) is 0 Å². The maximum atomic E-state index is 5.69. The maximum absolute atomic E-state index is 5.69. The highest BCUT2D eigenvalue weighted by atomic mass is 16.6. The van der Waals surface area contributed by atoms with Gasteiger partial charge in [-0.05, 0) is 41.2 Å². The Bertz CT molecular complexity index is 687. The van der Waals surface area contributed by atoms with Crippen LogP contribution in [0.3, 0.4) is 0 Å². The summed E-state index contributed by atoms with van der Waals surface area (Å²) in [5, 5.41) is 0. The molecule has 26 heavy (non-hydrogen) atoms. The Balaban J connectivity index is 1.27. The molecule has 0 amide bonds. The lowest BCUT2D eigenvalue weighted by Gasteiger charge is -2.12. The second kappa shape index (κ2) is 8.21. The quantitative estimate of drug-likeness (QED) is 0.610. The van der Waals surface area contributed by atoms with Gasteiger partial charge in [0.15, 0.2) is 0 Å². The summed E-state index contributed by atoms with van der Waals surface area (Å²) in [6.45, 7) is 6.07. The highest BCUT2D eigenvalue weighted by Gasteiger charge is 2.23. The van der Waals surface area contributed by atoms with Crippen molar-refractivity contribution in [2.75, 3.05) is 33.0 Å². The Morgan fingerprint density at radius 2 is 1.46 bits per heavy atom. The summed E-state index contributed by atoms with van der Waals surface area (Å²) in [4.78, 5) is 0. The number of epoxide rings is 2. The molecule has 0 aliphatic carbocycles. The van der Waals surface area contributed by atoms with Crippen molar-refractivity contribution in [3.8, 4) is 16.9 Å². The van der Waals surface area contributed by atoms with Gasteiger partial charge in [-0.25, -0.2) is 0 Å². The Labute approximate surface area is 155 Å². The van der Waals surface area contributed by atoms with E-state index in [2.05, 4.69) is 43.3 Å². The van der Waals surface area contributed by atoms with E-state index in [1.165, 1.54) is 16.7 Å². The highest BCUT2D eigenvalue weighted by molar-refractivity contribution is 5.64. The van der Waals surface area contributed by atoms with Gasteiger partial charge >= 0.3 is 0 Å². The van der Waals surface area contributed by atoms with E-state index in [1.54, 1.807) is 0 Å². The van der Waals surface area contributed by atoms with Crippen molar-refractivity contribution < 1.29 is 18.9 Å². The van der Waals surface area contributed by atoms with Gasteiger partial charge < -0.3 is 18.9 Å². The third-order valence-corrected chi connectivity index (χ3v) is 4.67. The van der Waals surface area contributed by atoms with Crippen LogP contribution >= 0.6 is 0 Å². The van der Waals surface area contributed by atoms with Crippen molar-refractivity contribution in [3.63, 3.8) is 0 Å². The van der Waals surface area contributed by atoms with E-state index in [0.717, 1.165) is 38.6 Å². The monoisotopic (exact) mass is 354 g/mol. The molecule has 4 heteroatoms. The molecule has 4 nitrogen and oxygen atoms in total. The van der Waals surface area contributed by atoms with E-state index in [4.69, 9.17) is 18.9 Å². The summed E-state index contributed by atoms with van der Waals surface area (Å²) in [7, 11) is 0. The molecule has 0 bridgehead atoms. The molecule has 138 valence electrons. The van der Waals surface area contributed by atoms with Gasteiger partial charge in [0.05, 0.1) is 19.8 Å². The van der Waals surface area contributed by atoms with Crippen LogP contribution in [0.4, 0.5) is 0 Å². The van der Waals surface area contributed by atoms with E-state index in [-0.39, 0.29) is 6.10 Å². The molecule has 0 aromatic heterocycles. The van der Waals surface area contributed by atoms with Crippen molar-refractivity contribution in [3.05, 3.63) is 54.1 Å². The van der Waals surface area contributed by atoms with Crippen LogP contribution in [0.2, 0.25) is 0 Å². The maximum Gasteiger partial charge on any atom is 0.119 e. The van der Waals surface area contributed by atoms with Crippen LogP contribution in [0.1, 0.15) is 12.5 Å². The molecule has 0 spiro atoms. The van der Waals surface area contributed by atoms with Crippen LogP contribution in [-0.4, -0.2) is 45.2 Å². The SMILES string of the molecule is CC(COCC1CO1)Cc1ccc(-c2ccc(OCC3CO3)cc2)cc1. The van der Waals surface area contributed by atoms with Crippen molar-refractivity contribution in [2.24, 2.45) is 5.92 Å². The Kier molecular flexibility index (Phi) is 5.54. The minimum Gasteiger partial charge on any atom is -0.491 e. The molecule has 3 unspecified atom stereocenters. The van der Waals surface area contributed by atoms with Crippen LogP contribution in [0, 0.1) is 5.92 Å². The lowest BCUT2D eigenvalue weighted by Crippen LogP contribution is -2.11. The topological polar surface area (TPSA) is 43.5 Å². The first-order valence-electron chi connectivity index (χ1n) is 9.39. The Hall–Kier alpha value is -1.88. The number of ether oxygens (including phenoxy) is 4. The minimum absolute atomic E-state index is 0.289. The zero-order valence-corrected chi connectivity index (χ0v) is 15.2. The minimum atomic E-state index is 0.289. The molecule has 2 aliphatic heterocycles. The summed E-state index contributed by atoms with van der Waals surface area (Å²) in [5.41, 5.74) is 3.77. The number of hydrogen-bond acceptors (Lipinski definition) is 4. The number of benzene rings is 2. The van der Waals surface area contributed by atoms with Crippen LogP contribution in [0.15, 0.2) is 48.5 Å². The lowest BCUT2D eigenvalue weighted by molar-refractivity contribution is 0.0907. The van der Waals surface area contributed by atoms with Gasteiger partial charge in [-0.15, -0.1) is 0 Å². The second-order valence-corrected chi connectivity index (χ2v) is 7.29. The molecular formula is C22H26O4. The third kappa shape index (κ3) is 5.31. The zero-order valence-electron chi connectivity index (χ0n) is 15.2. The normalized spacial score (nSPS) is 22.0. The molecule has 0 saturated carbocycles. The predicted molar refractivity (Wildman–Crippen MR) is 101 cm³/mol. The first-order valence-corrected chi connectivity index (χ1v) is 9.39. The first-order chi connectivity index (χ1) is 12.8. The summed E-state index contributed by atoms with van der Waals surface area (Å²) < 4.78 is 21.7. The van der Waals surface area contributed by atoms with Gasteiger partial charge in [0, 0.05) is 6.61 Å². The van der Waals surface area contributed by atoms with E-state index in [1.807, 2.05) is 12.1 Å². The fraction of sp³-hybridized carbons (Fsp3) is 0.455.